The van der Waals surface area contributed by atoms with Crippen LogP contribution >= 0.6 is 12.2 Å². The van der Waals surface area contributed by atoms with Gasteiger partial charge in [0.25, 0.3) is 5.91 Å². The Hall–Kier alpha value is -2.66. The molecule has 23 heavy (non-hydrogen) atoms. The lowest BCUT2D eigenvalue weighted by atomic mass is 10.1. The van der Waals surface area contributed by atoms with E-state index in [9.17, 15) is 4.79 Å². The number of hydrogen-bond acceptors (Lipinski definition) is 3. The molecule has 0 aliphatic carbocycles. The van der Waals surface area contributed by atoms with Crippen molar-refractivity contribution < 1.29 is 9.53 Å². The van der Waals surface area contributed by atoms with E-state index in [1.165, 1.54) is 4.90 Å². The molecule has 1 fully saturated rings. The molecular weight excluding hydrogens is 308 g/mol. The molecule has 4 nitrogen and oxygen atoms in total. The van der Waals surface area contributed by atoms with Gasteiger partial charge in [-0.2, -0.15) is 0 Å². The summed E-state index contributed by atoms with van der Waals surface area (Å²) in [4.78, 5) is 14.2. The van der Waals surface area contributed by atoms with Crippen molar-refractivity contribution in [2.24, 2.45) is 0 Å². The van der Waals surface area contributed by atoms with Gasteiger partial charge in [-0.05, 0) is 54.5 Å². The van der Waals surface area contributed by atoms with Crippen molar-refractivity contribution in [1.82, 2.24) is 5.32 Å². The minimum Gasteiger partial charge on any atom is -0.497 e. The van der Waals surface area contributed by atoms with Crippen LogP contribution in [0.15, 0.2) is 54.2 Å². The number of thiocarbonyl (C=S) groups is 1. The van der Waals surface area contributed by atoms with Crippen LogP contribution in [-0.2, 0) is 4.79 Å². The third-order valence-electron chi connectivity index (χ3n) is 3.66. The number of anilines is 1. The Morgan fingerprint density at radius 1 is 1.13 bits per heavy atom. The van der Waals surface area contributed by atoms with Crippen LogP contribution in [0.3, 0.4) is 0 Å². The second-order valence-corrected chi connectivity index (χ2v) is 5.58. The Labute approximate surface area is 140 Å². The van der Waals surface area contributed by atoms with E-state index in [1.807, 2.05) is 55.5 Å². The largest absolute Gasteiger partial charge is 0.497 e. The fourth-order valence-electron chi connectivity index (χ4n) is 2.43. The van der Waals surface area contributed by atoms with Crippen LogP contribution in [0.4, 0.5) is 5.69 Å². The molecule has 1 aliphatic rings. The minimum absolute atomic E-state index is 0.153. The fraction of sp³-hybridized carbons (Fsp3) is 0.111. The van der Waals surface area contributed by atoms with Crippen molar-refractivity contribution in [1.29, 1.82) is 0 Å². The molecule has 1 N–H and O–H groups in total. The summed E-state index contributed by atoms with van der Waals surface area (Å²) in [5.41, 5.74) is 3.16. The molecule has 0 aromatic heterocycles. The molecule has 0 bridgehead atoms. The van der Waals surface area contributed by atoms with E-state index in [0.29, 0.717) is 10.8 Å². The Morgan fingerprint density at radius 2 is 1.83 bits per heavy atom. The van der Waals surface area contributed by atoms with Gasteiger partial charge in [-0.25, -0.2) is 0 Å². The highest BCUT2D eigenvalue weighted by molar-refractivity contribution is 7.80. The average Bonchev–Trinajstić information content (AvgIpc) is 2.83. The normalized spacial score (nSPS) is 15.9. The van der Waals surface area contributed by atoms with Gasteiger partial charge in [0.2, 0.25) is 0 Å². The molecule has 0 unspecified atom stereocenters. The van der Waals surface area contributed by atoms with Crippen molar-refractivity contribution in [2.45, 2.75) is 6.92 Å². The topological polar surface area (TPSA) is 41.6 Å². The van der Waals surface area contributed by atoms with Crippen molar-refractivity contribution >= 4 is 35.0 Å². The second-order valence-electron chi connectivity index (χ2n) is 5.19. The molecule has 0 radical (unpaired) electrons. The molecule has 1 amide bonds. The maximum absolute atomic E-state index is 12.7. The highest BCUT2D eigenvalue weighted by Crippen LogP contribution is 2.25. The van der Waals surface area contributed by atoms with Gasteiger partial charge in [-0.15, -0.1) is 0 Å². The van der Waals surface area contributed by atoms with Gasteiger partial charge in [0.15, 0.2) is 5.11 Å². The van der Waals surface area contributed by atoms with Gasteiger partial charge in [0.05, 0.1) is 12.8 Å². The molecule has 2 aromatic rings. The van der Waals surface area contributed by atoms with Crippen molar-refractivity contribution in [3.63, 3.8) is 0 Å². The Morgan fingerprint density at radius 3 is 2.48 bits per heavy atom. The van der Waals surface area contributed by atoms with Crippen LogP contribution in [0.25, 0.3) is 6.08 Å². The van der Waals surface area contributed by atoms with E-state index >= 15 is 0 Å². The number of carbonyl (C=O) groups excluding carboxylic acids is 1. The zero-order chi connectivity index (χ0) is 16.4. The van der Waals surface area contributed by atoms with Crippen molar-refractivity contribution in [3.05, 3.63) is 65.4 Å². The standard InChI is InChI=1S/C18H16N2O2S/c1-12-5-3-4-6-16(12)20-17(21)15(19-18(20)23)11-13-7-9-14(22-2)10-8-13/h3-11H,1-2H3,(H,19,23)/b15-11-. The first-order valence-electron chi connectivity index (χ1n) is 7.17. The molecule has 0 spiro atoms. The van der Waals surface area contributed by atoms with Crippen LogP contribution in [0.2, 0.25) is 0 Å². The molecule has 1 heterocycles. The maximum atomic E-state index is 12.7. The first-order valence-corrected chi connectivity index (χ1v) is 7.58. The number of para-hydroxylation sites is 1. The van der Waals surface area contributed by atoms with E-state index in [-0.39, 0.29) is 5.91 Å². The molecule has 116 valence electrons. The molecule has 1 saturated heterocycles. The van der Waals surface area contributed by atoms with Crippen molar-refractivity contribution in [2.75, 3.05) is 12.0 Å². The van der Waals surface area contributed by atoms with Crippen LogP contribution in [0.1, 0.15) is 11.1 Å². The van der Waals surface area contributed by atoms with Crippen LogP contribution < -0.4 is 15.0 Å². The van der Waals surface area contributed by atoms with Gasteiger partial charge in [-0.1, -0.05) is 30.3 Å². The third-order valence-corrected chi connectivity index (χ3v) is 3.95. The van der Waals surface area contributed by atoms with Gasteiger partial charge < -0.3 is 10.1 Å². The first-order chi connectivity index (χ1) is 11.1. The maximum Gasteiger partial charge on any atom is 0.281 e. The smallest absolute Gasteiger partial charge is 0.281 e. The summed E-state index contributed by atoms with van der Waals surface area (Å²) in [5, 5.41) is 3.39. The lowest BCUT2D eigenvalue weighted by molar-refractivity contribution is -0.113. The lowest BCUT2D eigenvalue weighted by Gasteiger charge is -2.16. The van der Waals surface area contributed by atoms with Gasteiger partial charge in [0.1, 0.15) is 11.4 Å². The monoisotopic (exact) mass is 324 g/mol. The number of ether oxygens (including phenoxy) is 1. The number of hydrogen-bond donors (Lipinski definition) is 1. The Balaban J connectivity index is 1.91. The highest BCUT2D eigenvalue weighted by atomic mass is 32.1. The van der Waals surface area contributed by atoms with Crippen molar-refractivity contribution in [3.8, 4) is 5.75 Å². The zero-order valence-corrected chi connectivity index (χ0v) is 13.7. The number of carbonyl (C=O) groups is 1. The quantitative estimate of drug-likeness (QED) is 0.695. The summed E-state index contributed by atoms with van der Waals surface area (Å²) < 4.78 is 5.13. The Bertz CT molecular complexity index is 797. The van der Waals surface area contributed by atoms with Gasteiger partial charge in [0, 0.05) is 0 Å². The van der Waals surface area contributed by atoms with E-state index in [2.05, 4.69) is 5.32 Å². The van der Waals surface area contributed by atoms with E-state index in [0.717, 1.165) is 22.6 Å². The second kappa shape index (κ2) is 6.22. The molecule has 5 heteroatoms. The zero-order valence-electron chi connectivity index (χ0n) is 12.9. The SMILES string of the molecule is COc1ccc(/C=C2\NC(=S)N(c3ccccc3C)C2=O)cc1. The molecule has 3 rings (SSSR count). The summed E-state index contributed by atoms with van der Waals surface area (Å²) in [6.07, 6.45) is 1.78. The first kappa shape index (κ1) is 15.2. The van der Waals surface area contributed by atoms with Crippen LogP contribution in [-0.4, -0.2) is 18.1 Å². The summed E-state index contributed by atoms with van der Waals surface area (Å²) in [7, 11) is 1.62. The van der Waals surface area contributed by atoms with E-state index in [1.54, 1.807) is 13.2 Å². The van der Waals surface area contributed by atoms with E-state index < -0.39 is 0 Å². The lowest BCUT2D eigenvalue weighted by Crippen LogP contribution is -2.30. The number of aryl methyl sites for hydroxylation is 1. The van der Waals surface area contributed by atoms with Gasteiger partial charge >= 0.3 is 0 Å². The van der Waals surface area contributed by atoms with Gasteiger partial charge in [-0.3, -0.25) is 9.69 Å². The molecular formula is C18H16N2O2S. The van der Waals surface area contributed by atoms with Crippen LogP contribution in [0, 0.1) is 6.92 Å². The minimum atomic E-state index is -0.153. The summed E-state index contributed by atoms with van der Waals surface area (Å²) >= 11 is 5.33. The molecule has 0 saturated carbocycles. The van der Waals surface area contributed by atoms with E-state index in [4.69, 9.17) is 17.0 Å². The fourth-order valence-corrected chi connectivity index (χ4v) is 2.73. The summed E-state index contributed by atoms with van der Waals surface area (Å²) in [6.45, 7) is 1.95. The number of nitrogens with one attached hydrogen (secondary N) is 1. The van der Waals surface area contributed by atoms with Crippen LogP contribution in [0.5, 0.6) is 5.75 Å². The summed E-state index contributed by atoms with van der Waals surface area (Å²) in [6, 6.07) is 15.1. The number of methoxy groups -OCH3 is 1. The highest BCUT2D eigenvalue weighted by Gasteiger charge is 2.32. The average molecular weight is 324 g/mol. The number of benzene rings is 2. The Kier molecular flexibility index (Phi) is 4.12. The number of nitrogens with zero attached hydrogens (tertiary/aromatic N) is 1. The molecule has 0 atom stereocenters. The predicted molar refractivity (Wildman–Crippen MR) is 95.4 cm³/mol. The molecule has 2 aromatic carbocycles. The third kappa shape index (κ3) is 2.96. The summed E-state index contributed by atoms with van der Waals surface area (Å²) in [5.74, 6) is 0.620. The number of rotatable bonds is 3. The predicted octanol–water partition coefficient (Wildman–Crippen LogP) is 3.27. The number of amides is 1. The molecule has 1 aliphatic heterocycles.